The summed E-state index contributed by atoms with van der Waals surface area (Å²) in [7, 11) is -0.857. The minimum absolute atomic E-state index is 0. The molecule has 0 amide bonds. The molecule has 1 heterocycles. The first kappa shape index (κ1) is 22.3. The summed E-state index contributed by atoms with van der Waals surface area (Å²) in [4.78, 5) is 0. The summed E-state index contributed by atoms with van der Waals surface area (Å²) in [6.45, 7) is 2.62. The third kappa shape index (κ3) is 4.92. The third-order valence-electron chi connectivity index (χ3n) is 5.14. The first-order valence-corrected chi connectivity index (χ1v) is 10.7. The quantitative estimate of drug-likeness (QED) is 0.408. The maximum Gasteiger partial charge on any atom is 4.00 e. The van der Waals surface area contributed by atoms with Crippen molar-refractivity contribution in [1.29, 1.82) is 0 Å². The average Bonchev–Trinajstić information content (AvgIpc) is 3.08. The number of allylic oxidation sites excluding steroid dienone is 8. The molecular weight excluding hydrogens is 363 g/mol. The number of fused-ring (bicyclic) bond motifs is 1. The second kappa shape index (κ2) is 10.3. The van der Waals surface area contributed by atoms with E-state index in [0.29, 0.717) is 0 Å². The topological polar surface area (TPSA) is 0 Å². The predicted molar refractivity (Wildman–Crippen MR) is 85.2 cm³/mol. The molecule has 4 rings (SSSR count). The van der Waals surface area contributed by atoms with Crippen LogP contribution in [0.15, 0.2) is 42.0 Å². The summed E-state index contributed by atoms with van der Waals surface area (Å²) in [5, 5.41) is 0. The van der Waals surface area contributed by atoms with Gasteiger partial charge in [0.1, 0.15) is 0 Å². The van der Waals surface area contributed by atoms with Crippen LogP contribution in [0.1, 0.15) is 32.1 Å². The van der Waals surface area contributed by atoms with E-state index in [1.165, 1.54) is 25.7 Å². The van der Waals surface area contributed by atoms with Crippen LogP contribution in [0.25, 0.3) is 0 Å². The van der Waals surface area contributed by atoms with Crippen LogP contribution in [0.3, 0.4) is 0 Å². The molecule has 4 heteroatoms. The Morgan fingerprint density at radius 2 is 1.95 bits per heavy atom. The monoisotopic (exact) mass is 386 g/mol. The summed E-state index contributed by atoms with van der Waals surface area (Å²) < 4.78 is 0. The summed E-state index contributed by atoms with van der Waals surface area (Å²) in [6, 6.07) is 3.16. The Labute approximate surface area is 164 Å². The summed E-state index contributed by atoms with van der Waals surface area (Å²) in [6.07, 6.45) is 22.8. The molecule has 0 radical (unpaired) electrons. The number of hydrogen-bond donors (Lipinski definition) is 0. The van der Waals surface area contributed by atoms with Gasteiger partial charge in [-0.3, -0.25) is 6.08 Å². The Morgan fingerprint density at radius 3 is 2.45 bits per heavy atom. The van der Waals surface area contributed by atoms with Crippen molar-refractivity contribution in [3.63, 3.8) is 0 Å². The van der Waals surface area contributed by atoms with Crippen molar-refractivity contribution in [2.45, 2.75) is 50.7 Å². The van der Waals surface area contributed by atoms with Crippen molar-refractivity contribution < 1.29 is 46.5 Å². The van der Waals surface area contributed by atoms with E-state index in [2.05, 4.69) is 36.9 Å². The van der Waals surface area contributed by atoms with E-state index >= 15 is 0 Å². The molecule has 22 heavy (non-hydrogen) atoms. The standard InChI is InChI=1S/C13H19Si.C5H5.2ClH.Ti/c1-14(9-4-10-14)13-8-7-11-5-2-3-6-12(11)13;1-2-4-5-3-1;;;/h2-3,6,11H,4-5,7-10H2,1H3;1-3H,4H2;2*1H;/q2*-1;;;+4/p-2. The zero-order valence-corrected chi connectivity index (χ0v) is 17.3. The maximum absolute atomic E-state index is 2.99. The van der Waals surface area contributed by atoms with E-state index in [-0.39, 0.29) is 46.5 Å². The van der Waals surface area contributed by atoms with Crippen molar-refractivity contribution in [2.24, 2.45) is 5.92 Å². The van der Waals surface area contributed by atoms with Gasteiger partial charge < -0.3 is 24.8 Å². The van der Waals surface area contributed by atoms with Gasteiger partial charge >= 0.3 is 21.7 Å². The Bertz CT molecular complexity index is 440. The van der Waals surface area contributed by atoms with Crippen LogP contribution in [0.4, 0.5) is 0 Å². The SMILES string of the molecule is C[Si]1([C-]2CCC3CC=CC=C23)CCC1.[C-]1=CC=CC1.[Cl-].[Cl-].[Ti+4]. The minimum Gasteiger partial charge on any atom is -1.00 e. The summed E-state index contributed by atoms with van der Waals surface area (Å²) in [5.74, 6) is 0.917. The van der Waals surface area contributed by atoms with Gasteiger partial charge in [-0.15, -0.1) is 18.6 Å². The molecule has 1 atom stereocenters. The van der Waals surface area contributed by atoms with Gasteiger partial charge in [0.05, 0.1) is 0 Å². The largest absolute Gasteiger partial charge is 4.00 e. The molecule has 1 aliphatic heterocycles. The van der Waals surface area contributed by atoms with E-state index in [1.54, 1.807) is 17.7 Å². The smallest absolute Gasteiger partial charge is 1.00 e. The van der Waals surface area contributed by atoms with Crippen LogP contribution >= 0.6 is 0 Å². The van der Waals surface area contributed by atoms with Crippen molar-refractivity contribution in [1.82, 2.24) is 0 Å². The van der Waals surface area contributed by atoms with Gasteiger partial charge in [-0.1, -0.05) is 37.9 Å². The summed E-state index contributed by atoms with van der Waals surface area (Å²) in [5.41, 5.74) is 3.74. The van der Waals surface area contributed by atoms with E-state index < -0.39 is 8.07 Å². The summed E-state index contributed by atoms with van der Waals surface area (Å²) >= 11 is 0. The van der Waals surface area contributed by atoms with Gasteiger partial charge in [-0.2, -0.15) is 6.08 Å². The molecule has 4 aliphatic rings. The van der Waals surface area contributed by atoms with Gasteiger partial charge in [0, 0.05) is 0 Å². The van der Waals surface area contributed by atoms with Gasteiger partial charge in [0.2, 0.25) is 0 Å². The van der Waals surface area contributed by atoms with Crippen molar-refractivity contribution in [3.05, 3.63) is 53.6 Å². The molecule has 1 unspecified atom stereocenters. The predicted octanol–water partition coefficient (Wildman–Crippen LogP) is -0.810. The molecule has 0 aromatic heterocycles. The van der Waals surface area contributed by atoms with Gasteiger partial charge in [0.15, 0.2) is 0 Å². The van der Waals surface area contributed by atoms with Crippen LogP contribution < -0.4 is 24.8 Å². The van der Waals surface area contributed by atoms with Gasteiger partial charge in [0.25, 0.3) is 0 Å². The zero-order valence-electron chi connectivity index (χ0n) is 13.2. The Hall–Kier alpha value is 0.341. The fourth-order valence-corrected chi connectivity index (χ4v) is 7.51. The Balaban J connectivity index is 0.000000482. The molecule has 0 nitrogen and oxygen atoms in total. The third-order valence-corrected chi connectivity index (χ3v) is 10.0. The van der Waals surface area contributed by atoms with E-state index in [1.807, 2.05) is 17.7 Å². The van der Waals surface area contributed by atoms with Crippen LogP contribution in [0.2, 0.25) is 18.6 Å². The molecule has 1 saturated carbocycles. The first-order valence-electron chi connectivity index (χ1n) is 7.75. The van der Waals surface area contributed by atoms with Crippen LogP contribution in [-0.2, 0) is 21.7 Å². The molecule has 118 valence electrons. The van der Waals surface area contributed by atoms with Gasteiger partial charge in [-0.05, 0) is 20.4 Å². The zero-order chi connectivity index (χ0) is 13.1. The van der Waals surface area contributed by atoms with Gasteiger partial charge in [-0.25, -0.2) is 29.3 Å². The van der Waals surface area contributed by atoms with Crippen molar-refractivity contribution >= 4 is 8.07 Å². The Kier molecular flexibility index (Phi) is 10.4. The van der Waals surface area contributed by atoms with Crippen LogP contribution in [-0.4, -0.2) is 8.07 Å². The molecule has 2 fully saturated rings. The molecule has 0 aromatic carbocycles. The number of halogens is 2. The number of rotatable bonds is 1. The van der Waals surface area contributed by atoms with Crippen molar-refractivity contribution in [3.8, 4) is 0 Å². The van der Waals surface area contributed by atoms with E-state index in [0.717, 1.165) is 12.3 Å². The average molecular weight is 387 g/mol. The molecule has 3 aliphatic carbocycles. The molecule has 0 bridgehead atoms. The van der Waals surface area contributed by atoms with Crippen LogP contribution in [0, 0.1) is 17.5 Å². The second-order valence-corrected chi connectivity index (χ2v) is 11.1. The fraction of sp³-hybridized carbons (Fsp3) is 0.500. The van der Waals surface area contributed by atoms with E-state index in [9.17, 15) is 0 Å². The van der Waals surface area contributed by atoms with E-state index in [4.69, 9.17) is 0 Å². The fourth-order valence-electron chi connectivity index (χ4n) is 3.76. The molecular formula is C18H24Cl2SiTi. The Morgan fingerprint density at radius 1 is 1.18 bits per heavy atom. The van der Waals surface area contributed by atoms with Crippen LogP contribution in [0.5, 0.6) is 0 Å². The minimum atomic E-state index is -0.857. The maximum atomic E-state index is 2.99. The normalized spacial score (nSPS) is 25.4. The number of hydrogen-bond acceptors (Lipinski definition) is 0. The molecule has 0 N–H and O–H groups in total. The molecule has 0 spiro atoms. The molecule has 1 saturated heterocycles. The van der Waals surface area contributed by atoms with Crippen molar-refractivity contribution in [2.75, 3.05) is 0 Å². The molecule has 0 aromatic rings. The second-order valence-electron chi connectivity index (χ2n) is 6.42. The first-order chi connectivity index (χ1) is 9.30.